The molecule has 0 saturated heterocycles. The molecule has 20 heavy (non-hydrogen) atoms. The van der Waals surface area contributed by atoms with Gasteiger partial charge in [-0.15, -0.1) is 0 Å². The van der Waals surface area contributed by atoms with Crippen molar-refractivity contribution in [2.75, 3.05) is 11.9 Å². The fourth-order valence-corrected chi connectivity index (χ4v) is 2.36. The molecular formula is C16H15NO2S. The van der Waals surface area contributed by atoms with E-state index in [0.29, 0.717) is 18.5 Å². The first-order valence-electron chi connectivity index (χ1n) is 6.29. The highest BCUT2D eigenvalue weighted by atomic mass is 32.1. The van der Waals surface area contributed by atoms with Gasteiger partial charge in [-0.25, -0.2) is 0 Å². The van der Waals surface area contributed by atoms with Crippen LogP contribution in [0, 0.1) is 11.8 Å². The van der Waals surface area contributed by atoms with Gasteiger partial charge in [0.25, 0.3) is 0 Å². The molecule has 0 atom stereocenters. The minimum absolute atomic E-state index is 0.0414. The molecule has 1 amide bonds. The van der Waals surface area contributed by atoms with Gasteiger partial charge in [0.05, 0.1) is 18.7 Å². The van der Waals surface area contributed by atoms with Crippen LogP contribution in [0.3, 0.4) is 0 Å². The van der Waals surface area contributed by atoms with Crippen molar-refractivity contribution in [3.8, 4) is 11.8 Å². The van der Waals surface area contributed by atoms with Gasteiger partial charge in [-0.1, -0.05) is 24.0 Å². The number of amides is 1. The van der Waals surface area contributed by atoms with Gasteiger partial charge >= 0.3 is 0 Å². The lowest BCUT2D eigenvalue weighted by atomic mass is 10.1. The van der Waals surface area contributed by atoms with Crippen LogP contribution in [0.1, 0.15) is 17.5 Å². The van der Waals surface area contributed by atoms with Crippen molar-refractivity contribution in [1.82, 2.24) is 0 Å². The Kier molecular flexibility index (Phi) is 5.36. The predicted molar refractivity (Wildman–Crippen MR) is 81.7 cm³/mol. The molecule has 0 aliphatic carbocycles. The summed E-state index contributed by atoms with van der Waals surface area (Å²) in [5, 5.41) is 15.5. The topological polar surface area (TPSA) is 49.3 Å². The maximum absolute atomic E-state index is 12.0. The van der Waals surface area contributed by atoms with Gasteiger partial charge in [0.15, 0.2) is 0 Å². The normalized spacial score (nSPS) is 9.65. The lowest BCUT2D eigenvalue weighted by Gasteiger charge is -2.06. The van der Waals surface area contributed by atoms with Crippen LogP contribution in [0.15, 0.2) is 41.1 Å². The summed E-state index contributed by atoms with van der Waals surface area (Å²) in [6.45, 7) is 0.0414. The summed E-state index contributed by atoms with van der Waals surface area (Å²) in [4.78, 5) is 12.0. The molecule has 1 aromatic heterocycles. The number of para-hydroxylation sites is 1. The maximum Gasteiger partial charge on any atom is 0.228 e. The number of anilines is 1. The van der Waals surface area contributed by atoms with Crippen LogP contribution in [0.5, 0.6) is 0 Å². The molecule has 0 aliphatic rings. The van der Waals surface area contributed by atoms with Crippen molar-refractivity contribution in [2.45, 2.75) is 12.8 Å². The third kappa shape index (κ3) is 4.23. The first-order chi connectivity index (χ1) is 9.79. The molecule has 2 aromatic rings. The van der Waals surface area contributed by atoms with E-state index in [4.69, 9.17) is 5.11 Å². The second kappa shape index (κ2) is 7.49. The zero-order chi connectivity index (χ0) is 14.2. The second-order valence-corrected chi connectivity index (χ2v) is 4.96. The average molecular weight is 285 g/mol. The number of hydrogen-bond acceptors (Lipinski definition) is 3. The molecule has 1 aromatic carbocycles. The number of aliphatic hydroxyl groups excluding tert-OH is 1. The first-order valence-corrected chi connectivity index (χ1v) is 7.23. The predicted octanol–water partition coefficient (Wildman–Crippen LogP) is 2.66. The van der Waals surface area contributed by atoms with Crippen molar-refractivity contribution in [3.05, 3.63) is 52.2 Å². The van der Waals surface area contributed by atoms with Crippen LogP contribution >= 0.6 is 11.3 Å². The van der Waals surface area contributed by atoms with Crippen LogP contribution in [0.25, 0.3) is 0 Å². The summed E-state index contributed by atoms with van der Waals surface area (Å²) in [5.41, 5.74) is 2.48. The van der Waals surface area contributed by atoms with Crippen molar-refractivity contribution in [3.63, 3.8) is 0 Å². The fraction of sp³-hybridized carbons (Fsp3) is 0.188. The number of carbonyl (C=O) groups excluding carboxylic acids is 1. The molecule has 2 N–H and O–H groups in total. The third-order valence-corrected chi connectivity index (χ3v) is 3.34. The number of carbonyl (C=O) groups is 1. The number of benzene rings is 1. The highest BCUT2D eigenvalue weighted by Crippen LogP contribution is 2.15. The monoisotopic (exact) mass is 285 g/mol. The van der Waals surface area contributed by atoms with Crippen molar-refractivity contribution >= 4 is 22.9 Å². The Morgan fingerprint density at radius 3 is 2.90 bits per heavy atom. The van der Waals surface area contributed by atoms with E-state index >= 15 is 0 Å². The Morgan fingerprint density at radius 2 is 2.15 bits per heavy atom. The second-order valence-electron chi connectivity index (χ2n) is 4.18. The zero-order valence-electron chi connectivity index (χ0n) is 10.9. The summed E-state index contributed by atoms with van der Waals surface area (Å²) in [6, 6.07) is 9.35. The SMILES string of the molecule is O=C(Cc1ccsc1)Nc1ccccc1C#CCCO. The standard InChI is InChI=1S/C16H15NO2S/c18-9-4-3-6-14-5-1-2-7-15(14)17-16(19)11-13-8-10-20-12-13/h1-2,5,7-8,10,12,18H,4,9,11H2,(H,17,19). The number of thiophene rings is 1. The average Bonchev–Trinajstić information content (AvgIpc) is 2.93. The molecule has 0 spiro atoms. The molecule has 1 heterocycles. The van der Waals surface area contributed by atoms with Crippen molar-refractivity contribution in [1.29, 1.82) is 0 Å². The van der Waals surface area contributed by atoms with Gasteiger partial charge in [0, 0.05) is 12.0 Å². The zero-order valence-corrected chi connectivity index (χ0v) is 11.7. The van der Waals surface area contributed by atoms with Gasteiger partial charge < -0.3 is 10.4 Å². The van der Waals surface area contributed by atoms with Crippen molar-refractivity contribution < 1.29 is 9.90 Å². The summed E-state index contributed by atoms with van der Waals surface area (Å²) in [7, 11) is 0. The maximum atomic E-state index is 12.0. The molecule has 0 unspecified atom stereocenters. The minimum Gasteiger partial charge on any atom is -0.395 e. The Morgan fingerprint density at radius 1 is 1.30 bits per heavy atom. The summed E-state index contributed by atoms with van der Waals surface area (Å²) in [6.07, 6.45) is 0.791. The smallest absolute Gasteiger partial charge is 0.228 e. The molecule has 102 valence electrons. The Labute approximate surface area is 122 Å². The number of rotatable bonds is 4. The summed E-state index contributed by atoms with van der Waals surface area (Å²) in [5.74, 6) is 5.76. The van der Waals surface area contributed by atoms with Gasteiger partial charge in [0.2, 0.25) is 5.91 Å². The summed E-state index contributed by atoms with van der Waals surface area (Å²) >= 11 is 1.58. The van der Waals surface area contributed by atoms with Crippen LogP contribution in [0.2, 0.25) is 0 Å². The molecule has 2 rings (SSSR count). The molecule has 3 nitrogen and oxygen atoms in total. The van der Waals surface area contributed by atoms with E-state index < -0.39 is 0 Å². The highest BCUT2D eigenvalue weighted by molar-refractivity contribution is 7.08. The van der Waals surface area contributed by atoms with E-state index in [2.05, 4.69) is 17.2 Å². The first kappa shape index (κ1) is 14.3. The van der Waals surface area contributed by atoms with Crippen molar-refractivity contribution in [2.24, 2.45) is 0 Å². The van der Waals surface area contributed by atoms with Gasteiger partial charge in [-0.2, -0.15) is 11.3 Å². The Balaban J connectivity index is 2.05. The van der Waals surface area contributed by atoms with E-state index in [1.807, 2.05) is 41.1 Å². The number of nitrogens with one attached hydrogen (secondary N) is 1. The molecular weight excluding hydrogens is 270 g/mol. The van der Waals surface area contributed by atoms with E-state index in [1.165, 1.54) is 0 Å². The Hall–Kier alpha value is -2.09. The molecule has 0 aliphatic heterocycles. The Bertz CT molecular complexity index is 623. The van der Waals surface area contributed by atoms with E-state index in [0.717, 1.165) is 11.1 Å². The highest BCUT2D eigenvalue weighted by Gasteiger charge is 2.06. The number of hydrogen-bond donors (Lipinski definition) is 2. The van der Waals surface area contributed by atoms with E-state index in [9.17, 15) is 4.79 Å². The van der Waals surface area contributed by atoms with Gasteiger partial charge in [-0.3, -0.25) is 4.79 Å². The third-order valence-electron chi connectivity index (χ3n) is 2.61. The lowest BCUT2D eigenvalue weighted by molar-refractivity contribution is -0.115. The van der Waals surface area contributed by atoms with Crippen LogP contribution in [-0.2, 0) is 11.2 Å². The quantitative estimate of drug-likeness (QED) is 0.849. The van der Waals surface area contributed by atoms with Crippen LogP contribution < -0.4 is 5.32 Å². The van der Waals surface area contributed by atoms with Crippen LogP contribution in [0.4, 0.5) is 5.69 Å². The largest absolute Gasteiger partial charge is 0.395 e. The molecule has 4 heteroatoms. The van der Waals surface area contributed by atoms with Gasteiger partial charge in [-0.05, 0) is 34.5 Å². The van der Waals surface area contributed by atoms with Crippen LogP contribution in [-0.4, -0.2) is 17.6 Å². The fourth-order valence-electron chi connectivity index (χ4n) is 1.69. The minimum atomic E-state index is -0.0557. The van der Waals surface area contributed by atoms with Gasteiger partial charge in [0.1, 0.15) is 0 Å². The molecule has 0 radical (unpaired) electrons. The molecule has 0 bridgehead atoms. The molecule has 0 saturated carbocycles. The molecule has 0 fully saturated rings. The lowest BCUT2D eigenvalue weighted by Crippen LogP contribution is -2.14. The van der Waals surface area contributed by atoms with E-state index in [1.54, 1.807) is 11.3 Å². The van der Waals surface area contributed by atoms with E-state index in [-0.39, 0.29) is 12.5 Å². The number of aliphatic hydroxyl groups is 1. The summed E-state index contributed by atoms with van der Waals surface area (Å²) < 4.78 is 0.